The molecule has 1 aromatic rings. The van der Waals surface area contributed by atoms with Crippen molar-refractivity contribution in [3.8, 4) is 5.75 Å². The maximum Gasteiger partial charge on any atom is 0.251 e. The highest BCUT2D eigenvalue weighted by molar-refractivity contribution is 5.94. The van der Waals surface area contributed by atoms with E-state index in [1.807, 2.05) is 12.1 Å². The van der Waals surface area contributed by atoms with Crippen LogP contribution in [-0.4, -0.2) is 42.5 Å². The summed E-state index contributed by atoms with van der Waals surface area (Å²) in [4.78, 5) is 13.0. The normalized spacial score (nSPS) is 38.6. The Labute approximate surface area is 198 Å². The van der Waals surface area contributed by atoms with Gasteiger partial charge in [0, 0.05) is 18.7 Å². The maximum absolute atomic E-state index is 13.0. The fourth-order valence-electron chi connectivity index (χ4n) is 7.52. The van der Waals surface area contributed by atoms with Crippen LogP contribution in [0.1, 0.15) is 69.2 Å². The lowest BCUT2D eigenvalue weighted by Crippen LogP contribution is -2.53. The molecule has 1 aromatic carbocycles. The van der Waals surface area contributed by atoms with Gasteiger partial charge >= 0.3 is 0 Å². The molecule has 0 aromatic heterocycles. The number of ether oxygens (including phenoxy) is 1. The lowest BCUT2D eigenvalue weighted by molar-refractivity contribution is -0.0928. The third-order valence-corrected chi connectivity index (χ3v) is 9.81. The van der Waals surface area contributed by atoms with E-state index in [2.05, 4.69) is 25.7 Å². The number of aliphatic hydroxyl groups is 2. The topological polar surface area (TPSA) is 78.8 Å². The Morgan fingerprint density at radius 2 is 1.88 bits per heavy atom. The summed E-state index contributed by atoms with van der Waals surface area (Å²) in [6.07, 6.45) is 6.47. The van der Waals surface area contributed by atoms with E-state index in [0.29, 0.717) is 36.3 Å². The molecule has 33 heavy (non-hydrogen) atoms. The van der Waals surface area contributed by atoms with Crippen molar-refractivity contribution < 1.29 is 19.7 Å². The minimum absolute atomic E-state index is 0.0330. The second-order valence-corrected chi connectivity index (χ2v) is 11.2. The summed E-state index contributed by atoms with van der Waals surface area (Å²) in [6.45, 7) is 9.88. The van der Waals surface area contributed by atoms with Gasteiger partial charge in [0.05, 0.1) is 13.2 Å². The van der Waals surface area contributed by atoms with Crippen LogP contribution in [0, 0.1) is 34.5 Å². The second kappa shape index (κ2) is 9.42. The molecule has 3 aliphatic carbocycles. The van der Waals surface area contributed by atoms with Crippen molar-refractivity contribution in [3.63, 3.8) is 0 Å². The summed E-state index contributed by atoms with van der Waals surface area (Å²) >= 11 is 0. The second-order valence-electron chi connectivity index (χ2n) is 11.2. The van der Waals surface area contributed by atoms with Crippen LogP contribution in [0.5, 0.6) is 5.75 Å². The van der Waals surface area contributed by atoms with E-state index in [0.717, 1.165) is 44.3 Å². The van der Waals surface area contributed by atoms with Crippen molar-refractivity contribution in [1.29, 1.82) is 0 Å². The SMILES string of the molecule is C=C1CCC2C(CNC(=O)c3ccc(OC)cc3)C(C3(C)CCC(O)CC3CO)CCC12C. The van der Waals surface area contributed by atoms with Gasteiger partial charge in [-0.3, -0.25) is 4.79 Å². The number of allylic oxidation sites excluding steroid dienone is 1. The van der Waals surface area contributed by atoms with Gasteiger partial charge in [0.15, 0.2) is 0 Å². The molecule has 0 bridgehead atoms. The van der Waals surface area contributed by atoms with Crippen molar-refractivity contribution in [2.45, 2.75) is 64.9 Å². The molecule has 0 radical (unpaired) electrons. The van der Waals surface area contributed by atoms with Crippen LogP contribution >= 0.6 is 0 Å². The Kier molecular flexibility index (Phi) is 6.93. The summed E-state index contributed by atoms with van der Waals surface area (Å²) in [6, 6.07) is 7.24. The number of carbonyl (C=O) groups excluding carboxylic acids is 1. The van der Waals surface area contributed by atoms with E-state index < -0.39 is 0 Å². The standard InChI is InChI=1S/C28H41NO4/c1-18-5-10-24-23(16-29-26(32)19-6-8-22(33-4)9-7-19)25(12-14-27(18,24)2)28(3)13-11-21(31)15-20(28)17-30/h6-9,20-21,23-25,30-31H,1,5,10-17H2,2-4H3,(H,29,32). The molecule has 5 heteroatoms. The smallest absolute Gasteiger partial charge is 0.251 e. The van der Waals surface area contributed by atoms with Gasteiger partial charge in [-0.05, 0) is 104 Å². The van der Waals surface area contributed by atoms with E-state index >= 15 is 0 Å². The predicted octanol–water partition coefficient (Wildman–Crippen LogP) is 4.58. The van der Waals surface area contributed by atoms with Gasteiger partial charge in [0.25, 0.3) is 5.91 Å². The predicted molar refractivity (Wildman–Crippen MR) is 130 cm³/mol. The number of rotatable bonds is 6. The number of fused-ring (bicyclic) bond motifs is 1. The average molecular weight is 456 g/mol. The van der Waals surface area contributed by atoms with Crippen LogP contribution in [0.15, 0.2) is 36.4 Å². The molecular weight excluding hydrogens is 414 g/mol. The first-order chi connectivity index (χ1) is 15.7. The van der Waals surface area contributed by atoms with Gasteiger partial charge < -0.3 is 20.3 Å². The molecule has 0 spiro atoms. The lowest BCUT2D eigenvalue weighted by atomic mass is 9.49. The first-order valence-electron chi connectivity index (χ1n) is 12.6. The third kappa shape index (κ3) is 4.35. The molecule has 3 N–H and O–H groups in total. The number of amides is 1. The quantitative estimate of drug-likeness (QED) is 0.549. The minimum atomic E-state index is -0.316. The summed E-state index contributed by atoms with van der Waals surface area (Å²) in [5, 5.41) is 23.8. The molecule has 1 amide bonds. The molecule has 0 aliphatic heterocycles. The van der Waals surface area contributed by atoms with Gasteiger partial charge in [-0.2, -0.15) is 0 Å². The number of methoxy groups -OCH3 is 1. The molecule has 3 saturated carbocycles. The number of hydrogen-bond donors (Lipinski definition) is 3. The fraction of sp³-hybridized carbons (Fsp3) is 0.679. The van der Waals surface area contributed by atoms with Crippen LogP contribution in [0.25, 0.3) is 0 Å². The zero-order chi connectivity index (χ0) is 23.8. The number of carbonyl (C=O) groups is 1. The van der Waals surface area contributed by atoms with E-state index in [1.54, 1.807) is 19.2 Å². The zero-order valence-electron chi connectivity index (χ0n) is 20.5. The van der Waals surface area contributed by atoms with Gasteiger partial charge in [-0.1, -0.05) is 26.0 Å². The van der Waals surface area contributed by atoms with Gasteiger partial charge in [-0.25, -0.2) is 0 Å². The molecule has 7 atom stereocenters. The Bertz CT molecular complexity index is 867. The summed E-state index contributed by atoms with van der Waals surface area (Å²) in [7, 11) is 1.62. The number of hydrogen-bond acceptors (Lipinski definition) is 4. The molecule has 182 valence electrons. The lowest BCUT2D eigenvalue weighted by Gasteiger charge is -2.56. The summed E-state index contributed by atoms with van der Waals surface area (Å²) < 4.78 is 5.21. The van der Waals surface area contributed by atoms with Gasteiger partial charge in [-0.15, -0.1) is 0 Å². The fourth-order valence-corrected chi connectivity index (χ4v) is 7.52. The number of benzene rings is 1. The molecule has 5 nitrogen and oxygen atoms in total. The molecule has 0 saturated heterocycles. The van der Waals surface area contributed by atoms with Crippen LogP contribution in [0.2, 0.25) is 0 Å². The summed E-state index contributed by atoms with van der Waals surface area (Å²) in [5.41, 5.74) is 2.10. The highest BCUT2D eigenvalue weighted by Gasteiger charge is 2.56. The van der Waals surface area contributed by atoms with Crippen molar-refractivity contribution in [2.75, 3.05) is 20.3 Å². The Morgan fingerprint density at radius 1 is 1.15 bits per heavy atom. The van der Waals surface area contributed by atoms with Gasteiger partial charge in [0.1, 0.15) is 5.75 Å². The first kappa shape index (κ1) is 24.3. The van der Waals surface area contributed by atoms with Crippen LogP contribution in [0.4, 0.5) is 0 Å². The molecule has 7 unspecified atom stereocenters. The van der Waals surface area contributed by atoms with Crippen LogP contribution < -0.4 is 10.1 Å². The summed E-state index contributed by atoms with van der Waals surface area (Å²) in [5.74, 6) is 2.01. The molecule has 4 rings (SSSR count). The zero-order valence-corrected chi connectivity index (χ0v) is 20.5. The van der Waals surface area contributed by atoms with E-state index in [4.69, 9.17) is 4.74 Å². The molecule has 3 fully saturated rings. The maximum atomic E-state index is 13.0. The van der Waals surface area contributed by atoms with Gasteiger partial charge in [0.2, 0.25) is 0 Å². The molecule has 3 aliphatic rings. The highest BCUT2D eigenvalue weighted by atomic mass is 16.5. The van der Waals surface area contributed by atoms with Crippen LogP contribution in [-0.2, 0) is 0 Å². The monoisotopic (exact) mass is 455 g/mol. The number of aliphatic hydroxyl groups excluding tert-OH is 2. The molecule has 0 heterocycles. The highest BCUT2D eigenvalue weighted by Crippen LogP contribution is 2.63. The van der Waals surface area contributed by atoms with Crippen molar-refractivity contribution in [1.82, 2.24) is 5.32 Å². The first-order valence-corrected chi connectivity index (χ1v) is 12.6. The number of nitrogens with one attached hydrogen (secondary N) is 1. The Hall–Kier alpha value is -1.85. The van der Waals surface area contributed by atoms with Crippen molar-refractivity contribution in [3.05, 3.63) is 42.0 Å². The largest absolute Gasteiger partial charge is 0.497 e. The van der Waals surface area contributed by atoms with Crippen molar-refractivity contribution in [2.24, 2.45) is 34.5 Å². The Balaban J connectivity index is 1.58. The molecular formula is C28H41NO4. The third-order valence-electron chi connectivity index (χ3n) is 9.81. The van der Waals surface area contributed by atoms with Crippen molar-refractivity contribution >= 4 is 5.91 Å². The van der Waals surface area contributed by atoms with Crippen LogP contribution in [0.3, 0.4) is 0 Å². The van der Waals surface area contributed by atoms with E-state index in [1.165, 1.54) is 5.57 Å². The average Bonchev–Trinajstić information content (AvgIpc) is 3.13. The van der Waals surface area contributed by atoms with E-state index in [-0.39, 0.29) is 35.4 Å². The minimum Gasteiger partial charge on any atom is -0.497 e. The van der Waals surface area contributed by atoms with E-state index in [9.17, 15) is 15.0 Å². The Morgan fingerprint density at radius 3 is 2.55 bits per heavy atom.